The van der Waals surface area contributed by atoms with Crippen LogP contribution in [0, 0.1) is 0 Å². The molecule has 1 heterocycles. The Bertz CT molecular complexity index is 1030. The van der Waals surface area contributed by atoms with Crippen molar-refractivity contribution in [3.05, 3.63) is 77.4 Å². The number of fused-ring (bicyclic) bond motifs is 1. The largest absolute Gasteiger partial charge is 0.211 e. The monoisotopic (exact) mass is 370 g/mol. The minimum Gasteiger partial charge on any atom is -0.197 e. The molecule has 0 bridgehead atoms. The predicted molar refractivity (Wildman–Crippen MR) is 121 cm³/mol. The second kappa shape index (κ2) is 6.88. The van der Waals surface area contributed by atoms with Gasteiger partial charge in [-0.1, -0.05) is 74.5 Å². The zero-order valence-electron chi connectivity index (χ0n) is 17.9. The first-order valence-corrected chi connectivity index (χ1v) is 10.6. The van der Waals surface area contributed by atoms with Crippen molar-refractivity contribution in [3.8, 4) is 0 Å². The van der Waals surface area contributed by atoms with Crippen LogP contribution in [0.5, 0.6) is 0 Å². The fourth-order valence-corrected chi connectivity index (χ4v) is 5.10. The van der Waals surface area contributed by atoms with Crippen LogP contribution < -0.4 is 0 Å². The third kappa shape index (κ3) is 3.07. The molecule has 3 aromatic carbocycles. The molecule has 1 nitrogen and oxygen atoms in total. The van der Waals surface area contributed by atoms with Crippen molar-refractivity contribution >= 4 is 22.7 Å². The van der Waals surface area contributed by atoms with E-state index in [-0.39, 0.29) is 11.0 Å². The molecule has 1 heteroatoms. The Morgan fingerprint density at radius 3 is 2.07 bits per heavy atom. The second-order valence-corrected chi connectivity index (χ2v) is 9.10. The topological polar surface area (TPSA) is 3.01 Å². The van der Waals surface area contributed by atoms with Gasteiger partial charge >= 0.3 is 0 Å². The summed E-state index contributed by atoms with van der Waals surface area (Å²) in [6.07, 6.45) is 5.75. The van der Waals surface area contributed by atoms with Crippen LogP contribution in [0.2, 0.25) is 0 Å². The number of rotatable bonds is 4. The number of aryl methyl sites for hydroxylation is 2. The SMILES string of the molecule is CCc1cccc(CC)c1[N+]1=C[C@](C)(c2ccc3ccccc3c2)CC1(C)C. The lowest BCUT2D eigenvalue weighted by Gasteiger charge is -2.23. The van der Waals surface area contributed by atoms with Gasteiger partial charge in [0.25, 0.3) is 0 Å². The molecular weight excluding hydrogens is 338 g/mol. The number of benzene rings is 3. The third-order valence-corrected chi connectivity index (χ3v) is 6.48. The molecule has 0 fully saturated rings. The third-order valence-electron chi connectivity index (χ3n) is 6.48. The Labute approximate surface area is 169 Å². The molecule has 0 saturated carbocycles. The van der Waals surface area contributed by atoms with E-state index in [9.17, 15) is 0 Å². The van der Waals surface area contributed by atoms with Gasteiger partial charge in [0, 0.05) is 31.4 Å². The van der Waals surface area contributed by atoms with E-state index in [1.165, 1.54) is 33.2 Å². The maximum absolute atomic E-state index is 2.58. The lowest BCUT2D eigenvalue weighted by Crippen LogP contribution is -2.31. The number of hydrogen-bond donors (Lipinski definition) is 0. The molecule has 0 N–H and O–H groups in total. The van der Waals surface area contributed by atoms with Crippen molar-refractivity contribution < 1.29 is 4.58 Å². The molecule has 28 heavy (non-hydrogen) atoms. The maximum atomic E-state index is 2.58. The first-order valence-electron chi connectivity index (χ1n) is 10.6. The van der Waals surface area contributed by atoms with Crippen molar-refractivity contribution in [1.29, 1.82) is 0 Å². The number of nitrogens with zero attached hydrogens (tertiary/aromatic N) is 1. The van der Waals surface area contributed by atoms with E-state index in [1.807, 2.05) is 0 Å². The molecule has 0 spiro atoms. The Morgan fingerprint density at radius 1 is 0.786 bits per heavy atom. The van der Waals surface area contributed by atoms with Gasteiger partial charge in [-0.2, -0.15) is 4.58 Å². The minimum atomic E-state index is 0.0272. The van der Waals surface area contributed by atoms with Gasteiger partial charge < -0.3 is 0 Å². The molecule has 0 aliphatic carbocycles. The highest BCUT2D eigenvalue weighted by molar-refractivity contribution is 5.85. The van der Waals surface area contributed by atoms with Gasteiger partial charge in [-0.25, -0.2) is 0 Å². The molecular formula is C27H32N+. The lowest BCUT2D eigenvalue weighted by atomic mass is 9.77. The summed E-state index contributed by atoms with van der Waals surface area (Å²) in [4.78, 5) is 0. The van der Waals surface area contributed by atoms with Crippen LogP contribution in [0.15, 0.2) is 60.7 Å². The highest BCUT2D eigenvalue weighted by atomic mass is 15.1. The molecule has 3 aromatic rings. The molecule has 0 unspecified atom stereocenters. The first kappa shape index (κ1) is 18.9. The van der Waals surface area contributed by atoms with Crippen LogP contribution in [0.1, 0.15) is 57.7 Å². The normalized spacial score (nSPS) is 21.1. The first-order chi connectivity index (χ1) is 13.4. The predicted octanol–water partition coefficient (Wildman–Crippen LogP) is 6.82. The van der Waals surface area contributed by atoms with Crippen LogP contribution in [-0.2, 0) is 18.3 Å². The van der Waals surface area contributed by atoms with Gasteiger partial charge in [0.1, 0.15) is 0 Å². The van der Waals surface area contributed by atoms with Crippen molar-refractivity contribution in [3.63, 3.8) is 0 Å². The van der Waals surface area contributed by atoms with Crippen LogP contribution in [0.3, 0.4) is 0 Å². The fraction of sp³-hybridized carbons (Fsp3) is 0.370. The summed E-state index contributed by atoms with van der Waals surface area (Å²) in [6.45, 7) is 11.7. The molecule has 4 rings (SSSR count). The van der Waals surface area contributed by atoms with E-state index in [1.54, 1.807) is 0 Å². The average molecular weight is 371 g/mol. The highest BCUT2D eigenvalue weighted by Gasteiger charge is 2.50. The lowest BCUT2D eigenvalue weighted by molar-refractivity contribution is -0.512. The number of para-hydroxylation sites is 1. The summed E-state index contributed by atoms with van der Waals surface area (Å²) in [5.74, 6) is 0. The van der Waals surface area contributed by atoms with E-state index < -0.39 is 0 Å². The van der Waals surface area contributed by atoms with E-state index in [0.29, 0.717) is 0 Å². The van der Waals surface area contributed by atoms with Gasteiger partial charge in [-0.05, 0) is 36.1 Å². The molecule has 144 valence electrons. The van der Waals surface area contributed by atoms with E-state index >= 15 is 0 Å². The highest BCUT2D eigenvalue weighted by Crippen LogP contribution is 2.43. The quantitative estimate of drug-likeness (QED) is 0.443. The van der Waals surface area contributed by atoms with Crippen LogP contribution in [0.25, 0.3) is 10.8 Å². The number of hydrogen-bond acceptors (Lipinski definition) is 0. The summed E-state index contributed by atoms with van der Waals surface area (Å²) < 4.78 is 2.58. The zero-order valence-corrected chi connectivity index (χ0v) is 17.9. The van der Waals surface area contributed by atoms with Crippen LogP contribution >= 0.6 is 0 Å². The molecule has 1 aliphatic heterocycles. The van der Waals surface area contributed by atoms with Gasteiger partial charge in [-0.3, -0.25) is 0 Å². The molecule has 0 aromatic heterocycles. The Morgan fingerprint density at radius 2 is 1.43 bits per heavy atom. The van der Waals surface area contributed by atoms with Gasteiger partial charge in [0.15, 0.2) is 11.8 Å². The van der Waals surface area contributed by atoms with Gasteiger partial charge in [0.05, 0.1) is 5.41 Å². The molecule has 0 saturated heterocycles. The van der Waals surface area contributed by atoms with Crippen LogP contribution in [0.4, 0.5) is 5.69 Å². The summed E-state index contributed by atoms with van der Waals surface area (Å²) in [7, 11) is 0. The zero-order chi connectivity index (χ0) is 19.9. The average Bonchev–Trinajstić information content (AvgIpc) is 2.96. The molecule has 0 amide bonds. The van der Waals surface area contributed by atoms with Crippen molar-refractivity contribution in [2.24, 2.45) is 0 Å². The summed E-state index contributed by atoms with van der Waals surface area (Å²) >= 11 is 0. The maximum Gasteiger partial charge on any atom is 0.211 e. The molecule has 1 atom stereocenters. The van der Waals surface area contributed by atoms with E-state index in [0.717, 1.165) is 19.3 Å². The Kier molecular flexibility index (Phi) is 4.65. The Balaban J connectivity index is 1.88. The standard InChI is InChI=1S/C27H32N/c1-6-20-13-10-14-21(7-2)25(20)28-19-27(5,18-26(28,3)4)24-16-15-22-11-8-9-12-23(22)17-24/h8-17,19H,6-7,18H2,1-5H3/q+1/t27-/m1/s1. The van der Waals surface area contributed by atoms with Crippen molar-refractivity contribution in [2.75, 3.05) is 0 Å². The minimum absolute atomic E-state index is 0.0272. The van der Waals surface area contributed by atoms with E-state index in [2.05, 4.69) is 106 Å². The summed E-state index contributed by atoms with van der Waals surface area (Å²) in [6, 6.07) is 22.5. The Hall–Kier alpha value is -2.41. The smallest absolute Gasteiger partial charge is 0.197 e. The summed E-state index contributed by atoms with van der Waals surface area (Å²) in [5.41, 5.74) is 5.85. The van der Waals surface area contributed by atoms with Crippen molar-refractivity contribution in [1.82, 2.24) is 0 Å². The summed E-state index contributed by atoms with van der Waals surface area (Å²) in [5, 5.41) is 2.64. The van der Waals surface area contributed by atoms with Crippen molar-refractivity contribution in [2.45, 2.75) is 64.8 Å². The fourth-order valence-electron chi connectivity index (χ4n) is 5.10. The molecule has 1 aliphatic rings. The molecule has 0 radical (unpaired) electrons. The van der Waals surface area contributed by atoms with Gasteiger partial charge in [0.2, 0.25) is 5.69 Å². The van der Waals surface area contributed by atoms with E-state index in [4.69, 9.17) is 0 Å². The van der Waals surface area contributed by atoms with Gasteiger partial charge in [-0.15, -0.1) is 0 Å². The van der Waals surface area contributed by atoms with Crippen LogP contribution in [-0.4, -0.2) is 16.3 Å². The second-order valence-electron chi connectivity index (χ2n) is 9.10.